The minimum Gasteiger partial charge on any atom is -0.381 e. The lowest BCUT2D eigenvalue weighted by Crippen LogP contribution is -2.51. The first-order chi connectivity index (χ1) is 11.2. The molecule has 0 aromatic heterocycles. The molecule has 1 aromatic carbocycles. The number of carbonyl (C=O) groups excluding carboxylic acids is 1. The zero-order chi connectivity index (χ0) is 16.2. The van der Waals surface area contributed by atoms with E-state index in [9.17, 15) is 4.79 Å². The third kappa shape index (κ3) is 3.76. The fourth-order valence-electron chi connectivity index (χ4n) is 4.13. The van der Waals surface area contributed by atoms with E-state index in [1.54, 1.807) is 0 Å². The number of ether oxygens (including phenoxy) is 1. The third-order valence-electron chi connectivity index (χ3n) is 5.86. The van der Waals surface area contributed by atoms with Gasteiger partial charge in [-0.3, -0.25) is 4.79 Å². The summed E-state index contributed by atoms with van der Waals surface area (Å²) < 4.78 is 5.41. The van der Waals surface area contributed by atoms with Crippen molar-refractivity contribution >= 4 is 18.3 Å². The van der Waals surface area contributed by atoms with Crippen molar-refractivity contribution in [3.63, 3.8) is 0 Å². The Hall–Kier alpha value is -1.10. The van der Waals surface area contributed by atoms with Gasteiger partial charge in [-0.2, -0.15) is 0 Å². The first kappa shape index (κ1) is 19.2. The molecule has 0 spiro atoms. The summed E-state index contributed by atoms with van der Waals surface area (Å²) in [5.41, 5.74) is 6.96. The van der Waals surface area contributed by atoms with Gasteiger partial charge in [0.25, 0.3) is 0 Å². The van der Waals surface area contributed by atoms with E-state index in [0.29, 0.717) is 19.8 Å². The summed E-state index contributed by atoms with van der Waals surface area (Å²) in [7, 11) is 0. The van der Waals surface area contributed by atoms with E-state index in [1.807, 2.05) is 0 Å². The highest BCUT2D eigenvalue weighted by Gasteiger charge is 2.41. The fourth-order valence-corrected chi connectivity index (χ4v) is 4.13. The lowest BCUT2D eigenvalue weighted by atomic mass is 9.77. The number of hydrogen-bond donors (Lipinski definition) is 2. The van der Waals surface area contributed by atoms with Crippen molar-refractivity contribution in [3.05, 3.63) is 35.9 Å². The molecule has 1 saturated heterocycles. The maximum absolute atomic E-state index is 12.8. The molecule has 0 bridgehead atoms. The summed E-state index contributed by atoms with van der Waals surface area (Å²) in [4.78, 5) is 12.8. The summed E-state index contributed by atoms with van der Waals surface area (Å²) in [5, 5.41) is 3.25. The van der Waals surface area contributed by atoms with Gasteiger partial charge in [-0.05, 0) is 31.2 Å². The van der Waals surface area contributed by atoms with Gasteiger partial charge >= 0.3 is 0 Å². The molecular formula is C19H29ClN2O2. The largest absolute Gasteiger partial charge is 0.381 e. The molecule has 0 radical (unpaired) electrons. The van der Waals surface area contributed by atoms with E-state index < -0.39 is 5.41 Å². The van der Waals surface area contributed by atoms with Crippen LogP contribution in [-0.4, -0.2) is 32.2 Å². The monoisotopic (exact) mass is 352 g/mol. The lowest BCUT2D eigenvalue weighted by molar-refractivity contribution is -0.136. The molecule has 4 nitrogen and oxygen atoms in total. The van der Waals surface area contributed by atoms with Gasteiger partial charge in [-0.25, -0.2) is 0 Å². The van der Waals surface area contributed by atoms with Crippen LogP contribution in [0.1, 0.15) is 44.1 Å². The topological polar surface area (TPSA) is 64.4 Å². The van der Waals surface area contributed by atoms with Crippen LogP contribution in [0.25, 0.3) is 0 Å². The maximum atomic E-state index is 12.8. The van der Waals surface area contributed by atoms with Crippen LogP contribution >= 0.6 is 12.4 Å². The van der Waals surface area contributed by atoms with E-state index in [-0.39, 0.29) is 23.7 Å². The summed E-state index contributed by atoms with van der Waals surface area (Å²) in [6.45, 7) is 2.39. The number of rotatable bonds is 5. The van der Waals surface area contributed by atoms with E-state index in [4.69, 9.17) is 10.5 Å². The van der Waals surface area contributed by atoms with Gasteiger partial charge in [-0.15, -0.1) is 12.4 Å². The molecule has 5 heteroatoms. The SMILES string of the molecule is Cl.NCC1(C(=O)NCC2(c3ccccc3)CCCC2)CCOCC1. The standard InChI is InChI=1S/C19H28N2O2.ClH/c20-14-18(10-12-23-13-11-18)17(22)21-15-19(8-4-5-9-19)16-6-2-1-3-7-16;/h1-3,6-7H,4-5,8-15,20H2,(H,21,22);1H. The van der Waals surface area contributed by atoms with Crippen LogP contribution < -0.4 is 11.1 Å². The van der Waals surface area contributed by atoms with Crippen molar-refractivity contribution < 1.29 is 9.53 Å². The van der Waals surface area contributed by atoms with Crippen molar-refractivity contribution in [3.8, 4) is 0 Å². The Morgan fingerprint density at radius 3 is 2.29 bits per heavy atom. The number of carbonyl (C=O) groups is 1. The molecule has 0 unspecified atom stereocenters. The van der Waals surface area contributed by atoms with Crippen LogP contribution in [0.4, 0.5) is 0 Å². The second-order valence-electron chi connectivity index (χ2n) is 7.13. The Bertz CT molecular complexity index is 523. The van der Waals surface area contributed by atoms with Gasteiger partial charge in [-0.1, -0.05) is 43.2 Å². The van der Waals surface area contributed by atoms with Crippen LogP contribution in [0.15, 0.2) is 30.3 Å². The number of nitrogens with one attached hydrogen (secondary N) is 1. The maximum Gasteiger partial charge on any atom is 0.227 e. The number of amides is 1. The predicted octanol–water partition coefficient (Wildman–Crippen LogP) is 2.79. The van der Waals surface area contributed by atoms with Gasteiger partial charge in [0.2, 0.25) is 5.91 Å². The van der Waals surface area contributed by atoms with E-state index in [0.717, 1.165) is 32.2 Å². The summed E-state index contributed by atoms with van der Waals surface area (Å²) >= 11 is 0. The Morgan fingerprint density at radius 1 is 1.08 bits per heavy atom. The highest BCUT2D eigenvalue weighted by atomic mass is 35.5. The molecule has 1 heterocycles. The van der Waals surface area contributed by atoms with E-state index in [1.165, 1.54) is 18.4 Å². The second kappa shape index (κ2) is 8.32. The number of nitrogens with two attached hydrogens (primary N) is 1. The van der Waals surface area contributed by atoms with Gasteiger partial charge in [0.15, 0.2) is 0 Å². The van der Waals surface area contributed by atoms with Gasteiger partial charge in [0.1, 0.15) is 0 Å². The second-order valence-corrected chi connectivity index (χ2v) is 7.13. The molecule has 134 valence electrons. The smallest absolute Gasteiger partial charge is 0.227 e. The molecule has 3 N–H and O–H groups in total. The normalized spacial score (nSPS) is 21.7. The van der Waals surface area contributed by atoms with E-state index >= 15 is 0 Å². The Balaban J connectivity index is 0.00000208. The average Bonchev–Trinajstić information content (AvgIpc) is 3.11. The first-order valence-corrected chi connectivity index (χ1v) is 8.83. The van der Waals surface area contributed by atoms with Crippen LogP contribution in [0.2, 0.25) is 0 Å². The van der Waals surface area contributed by atoms with Crippen molar-refractivity contribution in [2.24, 2.45) is 11.1 Å². The Kier molecular flexibility index (Phi) is 6.67. The van der Waals surface area contributed by atoms with Gasteiger partial charge in [0, 0.05) is 31.7 Å². The molecule has 2 fully saturated rings. The number of hydrogen-bond acceptors (Lipinski definition) is 3. The summed E-state index contributed by atoms with van der Waals surface area (Å²) in [6.07, 6.45) is 6.23. The minimum absolute atomic E-state index is 0. The molecule has 24 heavy (non-hydrogen) atoms. The highest BCUT2D eigenvalue weighted by Crippen LogP contribution is 2.41. The van der Waals surface area contributed by atoms with Gasteiger partial charge < -0.3 is 15.8 Å². The average molecular weight is 353 g/mol. The van der Waals surface area contributed by atoms with Crippen LogP contribution in [0, 0.1) is 5.41 Å². The highest BCUT2D eigenvalue weighted by molar-refractivity contribution is 5.85. The van der Waals surface area contributed by atoms with Crippen molar-refractivity contribution in [2.45, 2.75) is 43.9 Å². The first-order valence-electron chi connectivity index (χ1n) is 8.83. The summed E-state index contributed by atoms with van der Waals surface area (Å²) in [5.74, 6) is 0.116. The lowest BCUT2D eigenvalue weighted by Gasteiger charge is -2.37. The molecular weight excluding hydrogens is 324 g/mol. The minimum atomic E-state index is -0.436. The van der Waals surface area contributed by atoms with E-state index in [2.05, 4.69) is 35.6 Å². The Labute approximate surface area is 150 Å². The van der Waals surface area contributed by atoms with Crippen LogP contribution in [0.5, 0.6) is 0 Å². The van der Waals surface area contributed by atoms with Gasteiger partial charge in [0.05, 0.1) is 5.41 Å². The van der Waals surface area contributed by atoms with Crippen molar-refractivity contribution in [1.82, 2.24) is 5.32 Å². The molecule has 0 atom stereocenters. The molecule has 1 saturated carbocycles. The van der Waals surface area contributed by atoms with Crippen molar-refractivity contribution in [1.29, 1.82) is 0 Å². The number of benzene rings is 1. The quantitative estimate of drug-likeness (QED) is 0.856. The molecule has 1 aliphatic carbocycles. The third-order valence-corrected chi connectivity index (χ3v) is 5.86. The molecule has 1 aliphatic heterocycles. The zero-order valence-corrected chi connectivity index (χ0v) is 15.1. The van der Waals surface area contributed by atoms with Crippen molar-refractivity contribution in [2.75, 3.05) is 26.3 Å². The van der Waals surface area contributed by atoms with Crippen LogP contribution in [-0.2, 0) is 14.9 Å². The summed E-state index contributed by atoms with van der Waals surface area (Å²) in [6, 6.07) is 10.6. The zero-order valence-electron chi connectivity index (χ0n) is 14.3. The number of halogens is 1. The molecule has 1 aromatic rings. The molecule has 1 amide bonds. The molecule has 2 aliphatic rings. The Morgan fingerprint density at radius 2 is 1.71 bits per heavy atom. The predicted molar refractivity (Wildman–Crippen MR) is 98.4 cm³/mol. The molecule has 3 rings (SSSR count). The van der Waals surface area contributed by atoms with Crippen LogP contribution in [0.3, 0.4) is 0 Å². The fraction of sp³-hybridized carbons (Fsp3) is 0.632.